The van der Waals surface area contributed by atoms with Crippen molar-refractivity contribution >= 4 is 11.0 Å². The normalized spacial score (nSPS) is 11.4. The van der Waals surface area contributed by atoms with Crippen molar-refractivity contribution in [2.45, 2.75) is 19.8 Å². The summed E-state index contributed by atoms with van der Waals surface area (Å²) in [6, 6.07) is 7.66. The van der Waals surface area contributed by atoms with E-state index in [1.54, 1.807) is 0 Å². The number of hydrogen-bond donors (Lipinski definition) is 1. The van der Waals surface area contributed by atoms with E-state index >= 15 is 0 Å². The first-order chi connectivity index (χ1) is 11.3. The summed E-state index contributed by atoms with van der Waals surface area (Å²) in [5.41, 5.74) is 1.06. The number of fused-ring (bicyclic) bond motifs is 1. The van der Waals surface area contributed by atoms with E-state index in [4.69, 9.17) is 0 Å². The van der Waals surface area contributed by atoms with Crippen LogP contribution in [0.4, 0.5) is 0 Å². The van der Waals surface area contributed by atoms with Gasteiger partial charge in [0.25, 0.3) is 5.56 Å². The molecule has 0 aliphatic rings. The summed E-state index contributed by atoms with van der Waals surface area (Å²) in [5.74, 6) is 0.382. The maximum absolute atomic E-state index is 12.6. The van der Waals surface area contributed by atoms with E-state index in [2.05, 4.69) is 23.8 Å². The topological polar surface area (TPSA) is 91.0 Å². The summed E-state index contributed by atoms with van der Waals surface area (Å²) in [6.07, 6.45) is 0. The molecule has 7 heteroatoms. The SMILES string of the molecule is CC(C)c1ccc(-c2[nH]c(=O)[nH+]c3c2c(=O)n(C)c(=O)n3C)cc1. The zero-order valence-electron chi connectivity index (χ0n) is 14.0. The Morgan fingerprint density at radius 1 is 1.00 bits per heavy atom. The van der Waals surface area contributed by atoms with Crippen molar-refractivity contribution in [3.05, 3.63) is 61.2 Å². The number of rotatable bonds is 2. The smallest absolute Gasteiger partial charge is 0.268 e. The summed E-state index contributed by atoms with van der Waals surface area (Å²) in [5, 5.41) is 0.275. The number of H-pyrrole nitrogens is 2. The third kappa shape index (κ3) is 2.38. The lowest BCUT2D eigenvalue weighted by Gasteiger charge is -2.08. The van der Waals surface area contributed by atoms with Crippen LogP contribution in [0.1, 0.15) is 25.3 Å². The predicted octanol–water partition coefficient (Wildman–Crippen LogP) is 0.530. The van der Waals surface area contributed by atoms with Crippen LogP contribution >= 0.6 is 0 Å². The summed E-state index contributed by atoms with van der Waals surface area (Å²) in [7, 11) is 2.94. The van der Waals surface area contributed by atoms with Crippen LogP contribution < -0.4 is 21.9 Å². The molecular weight excluding hydrogens is 308 g/mol. The molecule has 0 radical (unpaired) electrons. The van der Waals surface area contributed by atoms with E-state index in [1.807, 2.05) is 24.3 Å². The molecule has 0 amide bonds. The quantitative estimate of drug-likeness (QED) is 0.744. The summed E-state index contributed by atoms with van der Waals surface area (Å²) in [4.78, 5) is 41.9. The fourth-order valence-corrected chi connectivity index (χ4v) is 2.78. The Bertz CT molecular complexity index is 1100. The third-order valence-electron chi connectivity index (χ3n) is 4.25. The van der Waals surface area contributed by atoms with Gasteiger partial charge >= 0.3 is 11.4 Å². The predicted molar refractivity (Wildman–Crippen MR) is 91.1 cm³/mol. The molecule has 1 aromatic carbocycles. The van der Waals surface area contributed by atoms with Crippen LogP contribution in [0.5, 0.6) is 0 Å². The van der Waals surface area contributed by atoms with Gasteiger partial charge in [-0.05, 0) is 11.5 Å². The number of nitrogens with zero attached hydrogens (tertiary/aromatic N) is 2. The lowest BCUT2D eigenvalue weighted by Crippen LogP contribution is -2.43. The van der Waals surface area contributed by atoms with Gasteiger partial charge in [0, 0.05) is 12.6 Å². The molecule has 0 fully saturated rings. The van der Waals surface area contributed by atoms with Gasteiger partial charge in [-0.2, -0.15) is 0 Å². The average molecular weight is 327 g/mol. The molecule has 0 saturated heterocycles. The molecule has 0 aliphatic carbocycles. The number of nitrogens with one attached hydrogen (secondary N) is 2. The van der Waals surface area contributed by atoms with E-state index < -0.39 is 16.9 Å². The van der Waals surface area contributed by atoms with Gasteiger partial charge in [0.05, 0.1) is 7.05 Å². The minimum absolute atomic E-state index is 0.204. The van der Waals surface area contributed by atoms with E-state index in [9.17, 15) is 14.4 Å². The zero-order chi connectivity index (χ0) is 17.6. The number of aromatic amines is 2. The minimum atomic E-state index is -0.490. The van der Waals surface area contributed by atoms with Crippen LogP contribution in [-0.4, -0.2) is 14.1 Å². The van der Waals surface area contributed by atoms with Crippen molar-refractivity contribution in [2.75, 3.05) is 0 Å². The summed E-state index contributed by atoms with van der Waals surface area (Å²) >= 11 is 0. The van der Waals surface area contributed by atoms with Gasteiger partial charge in [-0.1, -0.05) is 38.1 Å². The van der Waals surface area contributed by atoms with Gasteiger partial charge in [0.2, 0.25) is 5.65 Å². The highest BCUT2D eigenvalue weighted by Gasteiger charge is 2.20. The van der Waals surface area contributed by atoms with E-state index in [0.717, 1.165) is 10.1 Å². The van der Waals surface area contributed by atoms with Gasteiger partial charge in [-0.3, -0.25) is 4.79 Å². The highest BCUT2D eigenvalue weighted by atomic mass is 16.2. The molecule has 0 bridgehead atoms. The van der Waals surface area contributed by atoms with Gasteiger partial charge in [0.1, 0.15) is 5.69 Å². The molecule has 2 N–H and O–H groups in total. The maximum Gasteiger partial charge on any atom is 0.439 e. The van der Waals surface area contributed by atoms with Gasteiger partial charge in [0.15, 0.2) is 5.39 Å². The first-order valence-corrected chi connectivity index (χ1v) is 7.67. The second-order valence-corrected chi connectivity index (χ2v) is 6.16. The molecule has 2 heterocycles. The highest BCUT2D eigenvalue weighted by Crippen LogP contribution is 2.23. The molecular formula is C17H19N4O3+. The van der Waals surface area contributed by atoms with Crippen molar-refractivity contribution in [1.82, 2.24) is 14.1 Å². The van der Waals surface area contributed by atoms with Crippen LogP contribution in [-0.2, 0) is 14.1 Å². The lowest BCUT2D eigenvalue weighted by atomic mass is 10.00. The first-order valence-electron chi connectivity index (χ1n) is 7.67. The largest absolute Gasteiger partial charge is 0.439 e. The minimum Gasteiger partial charge on any atom is -0.268 e. The molecule has 0 aliphatic heterocycles. The summed E-state index contributed by atoms with van der Waals surface area (Å²) in [6.45, 7) is 4.19. The Morgan fingerprint density at radius 2 is 1.62 bits per heavy atom. The standard InChI is InChI=1S/C17H18N4O3/c1-9(2)10-5-7-11(8-6-10)13-12-14(19-16(23)18-13)20(3)17(24)21(4)15(12)22/h5-9H,1-4H3,(H,18,19,23)/p+1. The van der Waals surface area contributed by atoms with Crippen LogP contribution in [0.2, 0.25) is 0 Å². The van der Waals surface area contributed by atoms with Crippen molar-refractivity contribution in [3.8, 4) is 11.3 Å². The summed E-state index contributed by atoms with van der Waals surface area (Å²) < 4.78 is 2.29. The van der Waals surface area contributed by atoms with Crippen LogP contribution in [0.15, 0.2) is 38.6 Å². The zero-order valence-corrected chi connectivity index (χ0v) is 14.0. The molecule has 3 rings (SSSR count). The van der Waals surface area contributed by atoms with Crippen molar-refractivity contribution in [2.24, 2.45) is 14.1 Å². The Hall–Kier alpha value is -2.96. The lowest BCUT2D eigenvalue weighted by molar-refractivity contribution is -0.374. The van der Waals surface area contributed by atoms with E-state index in [-0.39, 0.29) is 11.0 Å². The van der Waals surface area contributed by atoms with E-state index in [0.29, 0.717) is 17.2 Å². The molecule has 7 nitrogen and oxygen atoms in total. The molecule has 0 unspecified atom stereocenters. The van der Waals surface area contributed by atoms with Crippen molar-refractivity contribution < 1.29 is 4.98 Å². The monoisotopic (exact) mass is 327 g/mol. The van der Waals surface area contributed by atoms with Gasteiger partial charge < -0.3 is 0 Å². The second-order valence-electron chi connectivity index (χ2n) is 6.16. The van der Waals surface area contributed by atoms with Gasteiger partial charge in [-0.25, -0.2) is 28.7 Å². The Balaban J connectivity index is 2.42. The van der Waals surface area contributed by atoms with Crippen LogP contribution in [0, 0.1) is 0 Å². The fourth-order valence-electron chi connectivity index (χ4n) is 2.78. The molecule has 0 saturated carbocycles. The number of aryl methyl sites for hydroxylation is 1. The van der Waals surface area contributed by atoms with Gasteiger partial charge in [-0.15, -0.1) is 0 Å². The van der Waals surface area contributed by atoms with Crippen molar-refractivity contribution in [1.29, 1.82) is 0 Å². The Morgan fingerprint density at radius 3 is 2.21 bits per heavy atom. The Kier molecular flexibility index (Phi) is 3.71. The number of benzene rings is 1. The molecule has 24 heavy (non-hydrogen) atoms. The highest BCUT2D eigenvalue weighted by molar-refractivity contribution is 5.87. The maximum atomic E-state index is 12.6. The molecule has 0 spiro atoms. The van der Waals surface area contributed by atoms with Crippen molar-refractivity contribution in [3.63, 3.8) is 0 Å². The molecule has 0 atom stereocenters. The van der Waals surface area contributed by atoms with E-state index in [1.165, 1.54) is 18.7 Å². The average Bonchev–Trinajstić information content (AvgIpc) is 2.57. The fraction of sp³-hybridized carbons (Fsp3) is 0.294. The Labute approximate surface area is 137 Å². The molecule has 3 aromatic rings. The molecule has 124 valence electrons. The van der Waals surface area contributed by atoms with Crippen LogP contribution in [0.3, 0.4) is 0 Å². The number of hydrogen-bond acceptors (Lipinski definition) is 3. The number of aromatic nitrogens is 4. The second kappa shape index (κ2) is 5.59. The molecule has 2 aromatic heterocycles. The van der Waals surface area contributed by atoms with Crippen LogP contribution in [0.25, 0.3) is 22.3 Å². The third-order valence-corrected chi connectivity index (χ3v) is 4.25. The first kappa shape index (κ1) is 15.9.